The van der Waals surface area contributed by atoms with E-state index >= 15 is 0 Å². The maximum atomic E-state index is 11.9. The molecule has 1 N–H and O–H groups in total. The average molecular weight is 319 g/mol. The van der Waals surface area contributed by atoms with Gasteiger partial charge >= 0.3 is 0 Å². The number of carbonyl (C=O) groups excluding carboxylic acids is 1. The van der Waals surface area contributed by atoms with Gasteiger partial charge in [0.25, 0.3) is 0 Å². The number of aromatic nitrogens is 1. The molecule has 0 aliphatic carbocycles. The first-order chi connectivity index (χ1) is 11.3. The van der Waals surface area contributed by atoms with E-state index in [4.69, 9.17) is 9.47 Å². The second-order valence-corrected chi connectivity index (χ2v) is 6.36. The monoisotopic (exact) mass is 319 g/mol. The van der Waals surface area contributed by atoms with Crippen LogP contribution in [0.25, 0.3) is 0 Å². The van der Waals surface area contributed by atoms with E-state index in [0.29, 0.717) is 5.92 Å². The van der Waals surface area contributed by atoms with Gasteiger partial charge < -0.3 is 14.8 Å². The SMILES string of the molecule is COCC(=O)N[C@@H]1CN(Cc2ccccn2)C[C@@H]2CCCO[C@@H]21. The maximum Gasteiger partial charge on any atom is 0.246 e. The molecule has 3 atom stereocenters. The third-order valence-electron chi connectivity index (χ3n) is 4.57. The van der Waals surface area contributed by atoms with Crippen molar-refractivity contribution in [2.45, 2.75) is 31.5 Å². The van der Waals surface area contributed by atoms with Crippen LogP contribution in [0.2, 0.25) is 0 Å². The van der Waals surface area contributed by atoms with E-state index in [9.17, 15) is 4.79 Å². The molecule has 1 aromatic heterocycles. The second kappa shape index (κ2) is 7.86. The number of rotatable bonds is 5. The number of likely N-dealkylation sites (tertiary alicyclic amines) is 1. The fourth-order valence-corrected chi connectivity index (χ4v) is 3.65. The van der Waals surface area contributed by atoms with Crippen LogP contribution in [0.15, 0.2) is 24.4 Å². The smallest absolute Gasteiger partial charge is 0.246 e. The van der Waals surface area contributed by atoms with Crippen LogP contribution < -0.4 is 5.32 Å². The van der Waals surface area contributed by atoms with Crippen molar-refractivity contribution in [2.75, 3.05) is 33.4 Å². The Bertz CT molecular complexity index is 511. The van der Waals surface area contributed by atoms with Gasteiger partial charge in [-0.05, 0) is 30.9 Å². The fraction of sp³-hybridized carbons (Fsp3) is 0.647. The Labute approximate surface area is 137 Å². The van der Waals surface area contributed by atoms with Crippen molar-refractivity contribution in [3.63, 3.8) is 0 Å². The van der Waals surface area contributed by atoms with Crippen molar-refractivity contribution < 1.29 is 14.3 Å². The summed E-state index contributed by atoms with van der Waals surface area (Å²) in [6.45, 7) is 3.47. The molecule has 2 aliphatic heterocycles. The van der Waals surface area contributed by atoms with Gasteiger partial charge in [-0.2, -0.15) is 0 Å². The minimum absolute atomic E-state index is 0.0143. The summed E-state index contributed by atoms with van der Waals surface area (Å²) < 4.78 is 10.9. The normalized spacial score (nSPS) is 28.1. The molecule has 1 amide bonds. The average Bonchev–Trinajstić information content (AvgIpc) is 2.56. The number of ether oxygens (including phenoxy) is 2. The Morgan fingerprint density at radius 1 is 1.48 bits per heavy atom. The highest BCUT2D eigenvalue weighted by molar-refractivity contribution is 5.77. The van der Waals surface area contributed by atoms with Gasteiger partial charge in [0.05, 0.1) is 17.8 Å². The van der Waals surface area contributed by atoms with Gasteiger partial charge in [0, 0.05) is 39.5 Å². The van der Waals surface area contributed by atoms with Gasteiger partial charge in [0.1, 0.15) is 6.61 Å². The van der Waals surface area contributed by atoms with Crippen LogP contribution in [0.3, 0.4) is 0 Å². The molecule has 3 rings (SSSR count). The molecule has 0 radical (unpaired) electrons. The van der Waals surface area contributed by atoms with Gasteiger partial charge in [0.2, 0.25) is 5.91 Å². The van der Waals surface area contributed by atoms with Gasteiger partial charge in [-0.3, -0.25) is 14.7 Å². The first-order valence-electron chi connectivity index (χ1n) is 8.28. The Balaban J connectivity index is 1.67. The molecule has 0 bridgehead atoms. The lowest BCUT2D eigenvalue weighted by Gasteiger charge is -2.45. The molecule has 6 heteroatoms. The van der Waals surface area contributed by atoms with Crippen molar-refractivity contribution in [3.8, 4) is 0 Å². The largest absolute Gasteiger partial charge is 0.376 e. The number of carbonyl (C=O) groups is 1. The number of pyridine rings is 1. The highest BCUT2D eigenvalue weighted by atomic mass is 16.5. The summed E-state index contributed by atoms with van der Waals surface area (Å²) in [7, 11) is 1.54. The van der Waals surface area contributed by atoms with E-state index in [1.165, 1.54) is 7.11 Å². The molecule has 2 fully saturated rings. The predicted octanol–water partition coefficient (Wildman–Crippen LogP) is 0.824. The first kappa shape index (κ1) is 16.4. The van der Waals surface area contributed by atoms with E-state index in [1.54, 1.807) is 0 Å². The fourth-order valence-electron chi connectivity index (χ4n) is 3.65. The zero-order chi connectivity index (χ0) is 16.1. The van der Waals surface area contributed by atoms with Crippen LogP contribution >= 0.6 is 0 Å². The van der Waals surface area contributed by atoms with Crippen molar-refractivity contribution in [1.29, 1.82) is 0 Å². The van der Waals surface area contributed by atoms with E-state index < -0.39 is 0 Å². The summed E-state index contributed by atoms with van der Waals surface area (Å²) >= 11 is 0. The number of hydrogen-bond acceptors (Lipinski definition) is 5. The molecule has 3 heterocycles. The third kappa shape index (κ3) is 4.28. The Hall–Kier alpha value is -1.50. The van der Waals surface area contributed by atoms with Gasteiger partial charge in [-0.25, -0.2) is 0 Å². The molecule has 6 nitrogen and oxygen atoms in total. The Morgan fingerprint density at radius 2 is 2.39 bits per heavy atom. The van der Waals surface area contributed by atoms with Crippen molar-refractivity contribution in [3.05, 3.63) is 30.1 Å². The molecule has 2 aliphatic rings. The van der Waals surface area contributed by atoms with Crippen LogP contribution in [0.4, 0.5) is 0 Å². The molecule has 0 spiro atoms. The number of hydrogen-bond donors (Lipinski definition) is 1. The Morgan fingerprint density at radius 3 is 3.17 bits per heavy atom. The number of nitrogens with zero attached hydrogens (tertiary/aromatic N) is 2. The third-order valence-corrected chi connectivity index (χ3v) is 4.57. The summed E-state index contributed by atoms with van der Waals surface area (Å²) in [6.07, 6.45) is 4.19. The lowest BCUT2D eigenvalue weighted by molar-refractivity contribution is -0.131. The highest BCUT2D eigenvalue weighted by Gasteiger charge is 2.39. The summed E-state index contributed by atoms with van der Waals surface area (Å²) in [5.41, 5.74) is 1.06. The molecule has 23 heavy (non-hydrogen) atoms. The second-order valence-electron chi connectivity index (χ2n) is 6.36. The molecular weight excluding hydrogens is 294 g/mol. The molecule has 2 saturated heterocycles. The summed E-state index contributed by atoms with van der Waals surface area (Å²) in [4.78, 5) is 18.7. The zero-order valence-electron chi connectivity index (χ0n) is 13.6. The minimum Gasteiger partial charge on any atom is -0.376 e. The quantitative estimate of drug-likeness (QED) is 0.871. The minimum atomic E-state index is -0.0786. The predicted molar refractivity (Wildman–Crippen MR) is 85.8 cm³/mol. The summed E-state index contributed by atoms with van der Waals surface area (Å²) in [6, 6.07) is 6.00. The molecule has 126 valence electrons. The zero-order valence-corrected chi connectivity index (χ0v) is 13.6. The van der Waals surface area contributed by atoms with Crippen LogP contribution in [-0.4, -0.2) is 61.3 Å². The number of amides is 1. The molecule has 0 aromatic carbocycles. The van der Waals surface area contributed by atoms with Gasteiger partial charge in [0.15, 0.2) is 0 Å². The van der Waals surface area contributed by atoms with E-state index in [0.717, 1.165) is 44.8 Å². The lowest BCUT2D eigenvalue weighted by Crippen LogP contribution is -2.61. The van der Waals surface area contributed by atoms with Gasteiger partial charge in [-0.1, -0.05) is 6.07 Å². The maximum absolute atomic E-state index is 11.9. The standard InChI is InChI=1S/C17H25N3O3/c1-22-12-16(21)19-15-11-20(10-14-6-2-3-7-18-14)9-13-5-4-8-23-17(13)15/h2-3,6-7,13,15,17H,4-5,8-12H2,1H3,(H,19,21)/t13-,15+,17-/m0/s1. The molecule has 0 unspecified atom stereocenters. The van der Waals surface area contributed by atoms with Crippen LogP contribution in [0, 0.1) is 5.92 Å². The van der Waals surface area contributed by atoms with E-state index in [2.05, 4.69) is 15.2 Å². The van der Waals surface area contributed by atoms with E-state index in [-0.39, 0.29) is 24.7 Å². The molecule has 1 aromatic rings. The van der Waals surface area contributed by atoms with Crippen LogP contribution in [0.1, 0.15) is 18.5 Å². The number of fused-ring (bicyclic) bond motifs is 1. The summed E-state index contributed by atoms with van der Waals surface area (Å²) in [5, 5.41) is 3.08. The van der Waals surface area contributed by atoms with Crippen molar-refractivity contribution in [2.24, 2.45) is 5.92 Å². The van der Waals surface area contributed by atoms with Crippen molar-refractivity contribution in [1.82, 2.24) is 15.2 Å². The number of piperidine rings is 1. The van der Waals surface area contributed by atoms with E-state index in [1.807, 2.05) is 24.4 Å². The molecular formula is C17H25N3O3. The first-order valence-corrected chi connectivity index (χ1v) is 8.28. The molecule has 0 saturated carbocycles. The van der Waals surface area contributed by atoms with Crippen LogP contribution in [-0.2, 0) is 20.8 Å². The van der Waals surface area contributed by atoms with Crippen LogP contribution in [0.5, 0.6) is 0 Å². The van der Waals surface area contributed by atoms with Crippen molar-refractivity contribution >= 4 is 5.91 Å². The number of methoxy groups -OCH3 is 1. The van der Waals surface area contributed by atoms with Gasteiger partial charge in [-0.15, -0.1) is 0 Å². The topological polar surface area (TPSA) is 63.7 Å². The lowest BCUT2D eigenvalue weighted by atomic mass is 9.85. The highest BCUT2D eigenvalue weighted by Crippen LogP contribution is 2.29. The Kier molecular flexibility index (Phi) is 5.59. The number of nitrogens with one attached hydrogen (secondary N) is 1. The summed E-state index contributed by atoms with van der Waals surface area (Å²) in [5.74, 6) is 0.388.